The molecule has 0 spiro atoms. The molecule has 0 radical (unpaired) electrons. The first kappa shape index (κ1) is 11.6. The molecule has 17 heavy (non-hydrogen) atoms. The third kappa shape index (κ3) is 1.99. The van der Waals surface area contributed by atoms with E-state index in [1.807, 2.05) is 19.9 Å². The van der Waals surface area contributed by atoms with Crippen LogP contribution in [0.25, 0.3) is 5.95 Å². The van der Waals surface area contributed by atoms with Gasteiger partial charge in [-0.1, -0.05) is 11.6 Å². The molecule has 86 valence electrons. The maximum atomic E-state index is 8.87. The van der Waals surface area contributed by atoms with E-state index in [9.17, 15) is 0 Å². The second-order valence-electron chi connectivity index (χ2n) is 3.70. The standard InChI is InChI=1S/C11H10ClN5/c1-6-4-9(5-13)15-11(14-6)17-8(3)10(12)7(2)16-17/h4H,1-3H3. The van der Waals surface area contributed by atoms with Crippen molar-refractivity contribution in [2.75, 3.05) is 0 Å². The third-order valence-corrected chi connectivity index (χ3v) is 2.90. The van der Waals surface area contributed by atoms with Crippen molar-refractivity contribution < 1.29 is 0 Å². The van der Waals surface area contributed by atoms with Gasteiger partial charge in [0.2, 0.25) is 0 Å². The summed E-state index contributed by atoms with van der Waals surface area (Å²) in [5.74, 6) is 0.369. The molecule has 0 saturated carbocycles. The van der Waals surface area contributed by atoms with Gasteiger partial charge in [-0.15, -0.1) is 0 Å². The lowest BCUT2D eigenvalue weighted by Gasteiger charge is -2.03. The molecule has 2 aromatic heterocycles. The van der Waals surface area contributed by atoms with Gasteiger partial charge in [-0.2, -0.15) is 10.4 Å². The van der Waals surface area contributed by atoms with E-state index in [1.165, 1.54) is 0 Å². The summed E-state index contributed by atoms with van der Waals surface area (Å²) < 4.78 is 1.55. The van der Waals surface area contributed by atoms with E-state index in [-0.39, 0.29) is 0 Å². The summed E-state index contributed by atoms with van der Waals surface area (Å²) in [4.78, 5) is 8.35. The average Bonchev–Trinajstić information content (AvgIpc) is 2.56. The Labute approximate surface area is 104 Å². The summed E-state index contributed by atoms with van der Waals surface area (Å²) in [6, 6.07) is 3.62. The molecule has 0 unspecified atom stereocenters. The lowest BCUT2D eigenvalue weighted by atomic mass is 10.3. The van der Waals surface area contributed by atoms with Crippen LogP contribution in [-0.4, -0.2) is 19.7 Å². The van der Waals surface area contributed by atoms with Crippen LogP contribution in [0.5, 0.6) is 0 Å². The highest BCUT2D eigenvalue weighted by Gasteiger charge is 2.13. The SMILES string of the molecule is Cc1cc(C#N)nc(-n2nc(C)c(Cl)c2C)n1. The van der Waals surface area contributed by atoms with Crippen LogP contribution in [0.15, 0.2) is 6.07 Å². The summed E-state index contributed by atoms with van der Waals surface area (Å²) in [5, 5.41) is 13.7. The monoisotopic (exact) mass is 247 g/mol. The van der Waals surface area contributed by atoms with E-state index in [1.54, 1.807) is 17.7 Å². The fourth-order valence-corrected chi connectivity index (χ4v) is 1.64. The molecule has 0 aliphatic heterocycles. The molecular formula is C11H10ClN5. The van der Waals surface area contributed by atoms with Gasteiger partial charge in [-0.3, -0.25) is 0 Å². The fourth-order valence-electron chi connectivity index (χ4n) is 1.52. The van der Waals surface area contributed by atoms with Crippen molar-refractivity contribution >= 4 is 11.6 Å². The summed E-state index contributed by atoms with van der Waals surface area (Å²) >= 11 is 6.06. The summed E-state index contributed by atoms with van der Waals surface area (Å²) in [6.45, 7) is 5.45. The molecular weight excluding hydrogens is 238 g/mol. The Kier molecular flexibility index (Phi) is 2.82. The van der Waals surface area contributed by atoms with Crippen molar-refractivity contribution in [3.8, 4) is 12.0 Å². The van der Waals surface area contributed by atoms with E-state index in [2.05, 4.69) is 15.1 Å². The zero-order chi connectivity index (χ0) is 12.6. The van der Waals surface area contributed by atoms with Crippen LogP contribution >= 0.6 is 11.6 Å². The second-order valence-corrected chi connectivity index (χ2v) is 4.08. The van der Waals surface area contributed by atoms with Gasteiger partial charge in [0.25, 0.3) is 5.95 Å². The second kappa shape index (κ2) is 4.15. The largest absolute Gasteiger partial charge is 0.252 e. The molecule has 0 atom stereocenters. The number of halogens is 1. The highest BCUT2D eigenvalue weighted by Crippen LogP contribution is 2.20. The highest BCUT2D eigenvalue weighted by molar-refractivity contribution is 6.31. The molecule has 0 fully saturated rings. The van der Waals surface area contributed by atoms with Gasteiger partial charge < -0.3 is 0 Å². The van der Waals surface area contributed by atoms with Crippen LogP contribution < -0.4 is 0 Å². The van der Waals surface area contributed by atoms with Crippen molar-refractivity contribution in [1.29, 1.82) is 5.26 Å². The number of aromatic nitrogens is 4. The van der Waals surface area contributed by atoms with Gasteiger partial charge in [0.1, 0.15) is 11.8 Å². The average molecular weight is 248 g/mol. The van der Waals surface area contributed by atoms with Crippen LogP contribution in [0, 0.1) is 32.1 Å². The fraction of sp³-hybridized carbons (Fsp3) is 0.273. The minimum absolute atomic E-state index is 0.316. The molecule has 6 heteroatoms. The van der Waals surface area contributed by atoms with E-state index in [0.717, 1.165) is 11.4 Å². The predicted octanol–water partition coefficient (Wildman–Crippen LogP) is 2.11. The number of rotatable bonds is 1. The quantitative estimate of drug-likeness (QED) is 0.774. The van der Waals surface area contributed by atoms with Crippen molar-refractivity contribution in [3.63, 3.8) is 0 Å². The zero-order valence-corrected chi connectivity index (χ0v) is 10.4. The Morgan fingerprint density at radius 2 is 2.00 bits per heavy atom. The Balaban J connectivity index is 2.65. The molecule has 2 heterocycles. The van der Waals surface area contributed by atoms with E-state index < -0.39 is 0 Å². The third-order valence-electron chi connectivity index (χ3n) is 2.35. The van der Waals surface area contributed by atoms with Gasteiger partial charge in [-0.25, -0.2) is 14.6 Å². The van der Waals surface area contributed by atoms with Gasteiger partial charge in [0, 0.05) is 5.69 Å². The zero-order valence-electron chi connectivity index (χ0n) is 9.69. The maximum absolute atomic E-state index is 8.87. The smallest absolute Gasteiger partial charge is 0.216 e. The number of hydrogen-bond acceptors (Lipinski definition) is 4. The molecule has 2 aromatic rings. The number of nitriles is 1. The Morgan fingerprint density at radius 1 is 1.29 bits per heavy atom. The first-order valence-electron chi connectivity index (χ1n) is 5.01. The van der Waals surface area contributed by atoms with E-state index >= 15 is 0 Å². The Morgan fingerprint density at radius 3 is 2.53 bits per heavy atom. The van der Waals surface area contributed by atoms with Gasteiger partial charge in [0.15, 0.2) is 0 Å². The van der Waals surface area contributed by atoms with E-state index in [0.29, 0.717) is 22.4 Å². The molecule has 2 rings (SSSR count). The topological polar surface area (TPSA) is 67.4 Å². The first-order chi connectivity index (χ1) is 8.02. The normalized spacial score (nSPS) is 10.3. The van der Waals surface area contributed by atoms with Crippen molar-refractivity contribution in [2.24, 2.45) is 0 Å². The summed E-state index contributed by atoms with van der Waals surface area (Å²) in [5.41, 5.74) is 2.51. The van der Waals surface area contributed by atoms with Crippen molar-refractivity contribution in [2.45, 2.75) is 20.8 Å². The molecule has 0 aromatic carbocycles. The molecule has 0 N–H and O–H groups in total. The van der Waals surface area contributed by atoms with Crippen LogP contribution in [-0.2, 0) is 0 Å². The van der Waals surface area contributed by atoms with Crippen LogP contribution in [0.3, 0.4) is 0 Å². The number of nitrogens with zero attached hydrogens (tertiary/aromatic N) is 5. The van der Waals surface area contributed by atoms with Gasteiger partial charge >= 0.3 is 0 Å². The molecule has 0 bridgehead atoms. The first-order valence-corrected chi connectivity index (χ1v) is 5.38. The Hall–Kier alpha value is -1.93. The van der Waals surface area contributed by atoms with Crippen LogP contribution in [0.1, 0.15) is 22.8 Å². The van der Waals surface area contributed by atoms with Crippen LogP contribution in [0.2, 0.25) is 5.02 Å². The molecule has 0 aliphatic rings. The van der Waals surface area contributed by atoms with Crippen molar-refractivity contribution in [1.82, 2.24) is 19.7 Å². The minimum Gasteiger partial charge on any atom is -0.216 e. The van der Waals surface area contributed by atoms with Gasteiger partial charge in [0.05, 0.1) is 16.4 Å². The lowest BCUT2D eigenvalue weighted by molar-refractivity contribution is 0.766. The minimum atomic E-state index is 0.316. The molecule has 0 amide bonds. The highest BCUT2D eigenvalue weighted by atomic mass is 35.5. The number of hydrogen-bond donors (Lipinski definition) is 0. The summed E-state index contributed by atoms with van der Waals surface area (Å²) in [7, 11) is 0. The van der Waals surface area contributed by atoms with Crippen molar-refractivity contribution in [3.05, 3.63) is 33.9 Å². The Bertz CT molecular complexity index is 624. The maximum Gasteiger partial charge on any atom is 0.252 e. The predicted molar refractivity (Wildman–Crippen MR) is 63.1 cm³/mol. The summed E-state index contributed by atoms with van der Waals surface area (Å²) in [6.07, 6.45) is 0. The number of aryl methyl sites for hydroxylation is 2. The van der Waals surface area contributed by atoms with Crippen LogP contribution in [0.4, 0.5) is 0 Å². The molecule has 5 nitrogen and oxygen atoms in total. The molecule has 0 aliphatic carbocycles. The van der Waals surface area contributed by atoms with E-state index in [4.69, 9.17) is 16.9 Å². The molecule has 0 saturated heterocycles. The van der Waals surface area contributed by atoms with Gasteiger partial charge in [-0.05, 0) is 26.8 Å². The lowest BCUT2D eigenvalue weighted by Crippen LogP contribution is -2.07.